The van der Waals surface area contributed by atoms with Gasteiger partial charge in [-0.1, -0.05) is 13.8 Å². The molecule has 2 aliphatic rings. The Labute approximate surface area is 82.3 Å². The number of hydrogen-bond donors (Lipinski definition) is 1. The predicted molar refractivity (Wildman–Crippen MR) is 56.7 cm³/mol. The van der Waals surface area contributed by atoms with E-state index in [0.29, 0.717) is 0 Å². The third-order valence-corrected chi connectivity index (χ3v) is 3.86. The molecule has 0 spiro atoms. The molecular weight excluding hydrogens is 158 g/mol. The van der Waals surface area contributed by atoms with Crippen LogP contribution in [-0.4, -0.2) is 12.1 Å². The van der Waals surface area contributed by atoms with Gasteiger partial charge in [0, 0.05) is 12.1 Å². The van der Waals surface area contributed by atoms with Crippen molar-refractivity contribution in [3.05, 3.63) is 0 Å². The minimum absolute atomic E-state index is 0.852. The van der Waals surface area contributed by atoms with Gasteiger partial charge in [-0.05, 0) is 50.4 Å². The minimum atomic E-state index is 0.852. The summed E-state index contributed by atoms with van der Waals surface area (Å²) in [5, 5.41) is 3.84. The summed E-state index contributed by atoms with van der Waals surface area (Å²) >= 11 is 0. The standard InChI is InChI=1S/C12H23N/c1-9-3-5-11(7-9)13-12-6-4-10(2)8-12/h9-13H,3-8H2,1-2H3. The zero-order chi connectivity index (χ0) is 9.26. The molecule has 2 fully saturated rings. The fourth-order valence-electron chi connectivity index (χ4n) is 3.05. The average Bonchev–Trinajstić information content (AvgIpc) is 2.62. The molecule has 0 aromatic heterocycles. The van der Waals surface area contributed by atoms with Crippen LogP contribution >= 0.6 is 0 Å². The predicted octanol–water partition coefficient (Wildman–Crippen LogP) is 2.95. The topological polar surface area (TPSA) is 12.0 Å². The Morgan fingerprint density at radius 1 is 0.769 bits per heavy atom. The third kappa shape index (κ3) is 2.46. The van der Waals surface area contributed by atoms with E-state index < -0.39 is 0 Å². The highest BCUT2D eigenvalue weighted by atomic mass is 15.0. The number of rotatable bonds is 2. The van der Waals surface area contributed by atoms with E-state index in [0.717, 1.165) is 23.9 Å². The largest absolute Gasteiger partial charge is 0.311 e. The average molecular weight is 181 g/mol. The van der Waals surface area contributed by atoms with E-state index in [-0.39, 0.29) is 0 Å². The second-order valence-corrected chi connectivity index (χ2v) is 5.40. The molecule has 2 saturated carbocycles. The molecule has 13 heavy (non-hydrogen) atoms. The van der Waals surface area contributed by atoms with Gasteiger partial charge in [0.15, 0.2) is 0 Å². The summed E-state index contributed by atoms with van der Waals surface area (Å²) in [4.78, 5) is 0. The highest BCUT2D eigenvalue weighted by Crippen LogP contribution is 2.29. The van der Waals surface area contributed by atoms with Crippen molar-refractivity contribution in [1.82, 2.24) is 5.32 Å². The quantitative estimate of drug-likeness (QED) is 0.690. The molecule has 0 radical (unpaired) electrons. The number of nitrogens with one attached hydrogen (secondary N) is 1. The molecule has 1 N–H and O–H groups in total. The maximum Gasteiger partial charge on any atom is 0.00722 e. The lowest BCUT2D eigenvalue weighted by Gasteiger charge is -2.18. The van der Waals surface area contributed by atoms with Gasteiger partial charge in [0.2, 0.25) is 0 Å². The van der Waals surface area contributed by atoms with E-state index in [1.165, 1.54) is 38.5 Å². The zero-order valence-electron chi connectivity index (χ0n) is 9.05. The van der Waals surface area contributed by atoms with Crippen molar-refractivity contribution >= 4 is 0 Å². The van der Waals surface area contributed by atoms with Gasteiger partial charge in [0.1, 0.15) is 0 Å². The van der Waals surface area contributed by atoms with Gasteiger partial charge in [-0.2, -0.15) is 0 Å². The minimum Gasteiger partial charge on any atom is -0.311 e. The summed E-state index contributed by atoms with van der Waals surface area (Å²) in [6.45, 7) is 4.78. The Balaban J connectivity index is 1.72. The second kappa shape index (κ2) is 4.00. The van der Waals surface area contributed by atoms with E-state index in [1.54, 1.807) is 0 Å². The third-order valence-electron chi connectivity index (χ3n) is 3.86. The van der Waals surface area contributed by atoms with Crippen LogP contribution in [0.3, 0.4) is 0 Å². The van der Waals surface area contributed by atoms with E-state index in [9.17, 15) is 0 Å². The van der Waals surface area contributed by atoms with Crippen molar-refractivity contribution in [2.75, 3.05) is 0 Å². The monoisotopic (exact) mass is 181 g/mol. The van der Waals surface area contributed by atoms with Crippen molar-refractivity contribution in [1.29, 1.82) is 0 Å². The molecule has 2 rings (SSSR count). The van der Waals surface area contributed by atoms with Crippen LogP contribution in [0.5, 0.6) is 0 Å². The summed E-state index contributed by atoms with van der Waals surface area (Å²) in [7, 11) is 0. The van der Waals surface area contributed by atoms with Crippen LogP contribution in [0, 0.1) is 11.8 Å². The lowest BCUT2D eigenvalue weighted by molar-refractivity contribution is 0.417. The van der Waals surface area contributed by atoms with Gasteiger partial charge in [-0.15, -0.1) is 0 Å². The van der Waals surface area contributed by atoms with Gasteiger partial charge in [-0.3, -0.25) is 0 Å². The molecule has 1 heteroatoms. The molecule has 4 unspecified atom stereocenters. The van der Waals surface area contributed by atoms with Crippen LogP contribution in [0.4, 0.5) is 0 Å². The summed E-state index contributed by atoms with van der Waals surface area (Å²) in [6, 6.07) is 1.70. The Hall–Kier alpha value is -0.0400. The first-order valence-corrected chi connectivity index (χ1v) is 6.00. The van der Waals surface area contributed by atoms with Crippen molar-refractivity contribution in [3.8, 4) is 0 Å². The van der Waals surface area contributed by atoms with E-state index in [1.807, 2.05) is 0 Å². The number of hydrogen-bond acceptors (Lipinski definition) is 1. The summed E-state index contributed by atoms with van der Waals surface area (Å²) in [5.74, 6) is 1.94. The molecule has 2 aliphatic carbocycles. The van der Waals surface area contributed by atoms with Gasteiger partial charge in [0.05, 0.1) is 0 Å². The van der Waals surface area contributed by atoms with Crippen molar-refractivity contribution in [3.63, 3.8) is 0 Å². The second-order valence-electron chi connectivity index (χ2n) is 5.40. The zero-order valence-corrected chi connectivity index (χ0v) is 9.05. The first kappa shape index (κ1) is 9.51. The fraction of sp³-hybridized carbons (Fsp3) is 1.00. The van der Waals surface area contributed by atoms with Gasteiger partial charge < -0.3 is 5.32 Å². The van der Waals surface area contributed by atoms with Gasteiger partial charge in [0.25, 0.3) is 0 Å². The van der Waals surface area contributed by atoms with Gasteiger partial charge >= 0.3 is 0 Å². The molecule has 76 valence electrons. The highest BCUT2D eigenvalue weighted by Gasteiger charge is 2.27. The normalized spacial score (nSPS) is 45.7. The molecule has 0 aromatic carbocycles. The Morgan fingerprint density at radius 2 is 1.23 bits per heavy atom. The molecule has 0 amide bonds. The van der Waals surface area contributed by atoms with Crippen molar-refractivity contribution < 1.29 is 0 Å². The SMILES string of the molecule is CC1CCC(NC2CCC(C)C2)C1. The molecule has 0 aliphatic heterocycles. The molecule has 0 bridgehead atoms. The molecule has 0 saturated heterocycles. The molecule has 1 nitrogen and oxygen atoms in total. The van der Waals surface area contributed by atoms with Gasteiger partial charge in [-0.25, -0.2) is 0 Å². The van der Waals surface area contributed by atoms with E-state index in [2.05, 4.69) is 19.2 Å². The Bertz CT molecular complexity index is 149. The van der Waals surface area contributed by atoms with E-state index >= 15 is 0 Å². The summed E-state index contributed by atoms with van der Waals surface area (Å²) in [6.07, 6.45) is 8.58. The molecule has 0 aromatic rings. The maximum atomic E-state index is 3.84. The van der Waals surface area contributed by atoms with Crippen molar-refractivity contribution in [2.24, 2.45) is 11.8 Å². The Kier molecular flexibility index (Phi) is 2.92. The fourth-order valence-corrected chi connectivity index (χ4v) is 3.05. The highest BCUT2D eigenvalue weighted by molar-refractivity contribution is 4.85. The van der Waals surface area contributed by atoms with Crippen LogP contribution in [0.2, 0.25) is 0 Å². The first-order valence-electron chi connectivity index (χ1n) is 6.00. The lowest BCUT2D eigenvalue weighted by Crippen LogP contribution is -2.35. The van der Waals surface area contributed by atoms with Crippen LogP contribution in [0.15, 0.2) is 0 Å². The smallest absolute Gasteiger partial charge is 0.00722 e. The molecular formula is C12H23N. The van der Waals surface area contributed by atoms with Crippen LogP contribution < -0.4 is 5.32 Å². The Morgan fingerprint density at radius 3 is 1.54 bits per heavy atom. The lowest BCUT2D eigenvalue weighted by atomic mass is 10.1. The summed E-state index contributed by atoms with van der Waals surface area (Å²) < 4.78 is 0. The molecule has 4 atom stereocenters. The summed E-state index contributed by atoms with van der Waals surface area (Å²) in [5.41, 5.74) is 0. The first-order chi connectivity index (χ1) is 6.24. The van der Waals surface area contributed by atoms with Crippen molar-refractivity contribution in [2.45, 2.75) is 64.5 Å². The van der Waals surface area contributed by atoms with E-state index in [4.69, 9.17) is 0 Å². The maximum absolute atomic E-state index is 3.84. The van der Waals surface area contributed by atoms with Crippen LogP contribution in [0.1, 0.15) is 52.4 Å². The molecule has 0 heterocycles. The van der Waals surface area contributed by atoms with Crippen LogP contribution in [-0.2, 0) is 0 Å². The van der Waals surface area contributed by atoms with Crippen LogP contribution in [0.25, 0.3) is 0 Å².